The van der Waals surface area contributed by atoms with E-state index in [1.54, 1.807) is 45.0 Å². The molecule has 0 saturated carbocycles. The fourth-order valence-corrected chi connectivity index (χ4v) is 1.25. The summed E-state index contributed by atoms with van der Waals surface area (Å²) in [5.41, 5.74) is -0.0918. The lowest BCUT2D eigenvalue weighted by Gasteiger charge is -2.21. The van der Waals surface area contributed by atoms with E-state index in [4.69, 9.17) is 4.74 Å². The first-order chi connectivity index (χ1) is 7.81. The molecule has 0 atom stereocenters. The molecule has 0 spiro atoms. The zero-order chi connectivity index (χ0) is 13.1. The second-order valence-corrected chi connectivity index (χ2v) is 4.82. The third kappa shape index (κ3) is 4.02. The summed E-state index contributed by atoms with van der Waals surface area (Å²) in [5.74, 6) is -0.752. The number of rotatable bonds is 3. The fourth-order valence-electron chi connectivity index (χ4n) is 1.25. The summed E-state index contributed by atoms with van der Waals surface area (Å²) in [4.78, 5) is 23.6. The predicted octanol–water partition coefficient (Wildman–Crippen LogP) is 2.81. The van der Waals surface area contributed by atoms with E-state index in [-0.39, 0.29) is 11.7 Å². The summed E-state index contributed by atoms with van der Waals surface area (Å²) in [6.07, 6.45) is 0. The molecule has 3 nitrogen and oxygen atoms in total. The fraction of sp³-hybridized carbons (Fsp3) is 0.357. The number of Topliss-reactive ketones (excluding diaryl/α,β-unsaturated/α-hetero) is 1. The van der Waals surface area contributed by atoms with E-state index >= 15 is 0 Å². The molecule has 0 aliphatic heterocycles. The Kier molecular flexibility index (Phi) is 4.05. The van der Waals surface area contributed by atoms with E-state index in [0.717, 1.165) is 0 Å². The van der Waals surface area contributed by atoms with Gasteiger partial charge in [0.25, 0.3) is 0 Å². The van der Waals surface area contributed by atoms with Crippen LogP contribution in [0, 0.1) is 5.92 Å². The molecule has 1 aromatic rings. The minimum Gasteiger partial charge on any atom is -0.459 e. The Morgan fingerprint density at radius 1 is 1.06 bits per heavy atom. The molecule has 0 amide bonds. The van der Waals surface area contributed by atoms with Gasteiger partial charge in [-0.1, -0.05) is 30.3 Å². The van der Waals surface area contributed by atoms with Gasteiger partial charge in [0.2, 0.25) is 0 Å². The van der Waals surface area contributed by atoms with Crippen LogP contribution in [0.5, 0.6) is 0 Å². The van der Waals surface area contributed by atoms with E-state index in [2.05, 4.69) is 0 Å². The Balaban J connectivity index is 2.74. The van der Waals surface area contributed by atoms with E-state index in [1.807, 2.05) is 6.07 Å². The number of carbonyl (C=O) groups is 2. The molecule has 0 unspecified atom stereocenters. The molecule has 1 aromatic carbocycles. The smallest absolute Gasteiger partial charge is 0.321 e. The molecule has 0 aliphatic rings. The first-order valence-corrected chi connectivity index (χ1v) is 5.48. The molecule has 0 aliphatic carbocycles. The minimum atomic E-state index is -0.588. The van der Waals surface area contributed by atoms with E-state index < -0.39 is 11.6 Å². The lowest BCUT2D eigenvalue weighted by molar-refractivity contribution is -0.151. The Bertz CT molecular complexity index is 401. The normalized spacial score (nSPS) is 11.4. The van der Waals surface area contributed by atoms with Crippen LogP contribution in [0.4, 0.5) is 0 Å². The van der Waals surface area contributed by atoms with Crippen LogP contribution in [-0.2, 0) is 9.53 Å². The summed E-state index contributed by atoms with van der Waals surface area (Å²) in [5, 5.41) is 0. The van der Waals surface area contributed by atoms with Gasteiger partial charge in [-0.2, -0.15) is 0 Å². The highest BCUT2D eigenvalue weighted by Gasteiger charge is 2.28. The summed E-state index contributed by atoms with van der Waals surface area (Å²) in [6, 6.07) is 8.69. The van der Waals surface area contributed by atoms with Crippen LogP contribution in [-0.4, -0.2) is 17.4 Å². The van der Waals surface area contributed by atoms with Gasteiger partial charge in [0.05, 0.1) is 0 Å². The first-order valence-electron chi connectivity index (χ1n) is 5.48. The molecule has 0 N–H and O–H groups in total. The molecule has 0 fully saturated rings. The number of ketones is 1. The maximum Gasteiger partial charge on any atom is 0.321 e. The van der Waals surface area contributed by atoms with Crippen molar-refractivity contribution in [3.63, 3.8) is 0 Å². The van der Waals surface area contributed by atoms with Crippen molar-refractivity contribution in [2.45, 2.75) is 33.3 Å². The molecule has 0 bridgehead atoms. The zero-order valence-electron chi connectivity index (χ0n) is 10.6. The number of hydrogen-bond acceptors (Lipinski definition) is 3. The van der Waals surface area contributed by atoms with Crippen LogP contribution in [0.25, 0.3) is 0 Å². The highest BCUT2D eigenvalue weighted by Crippen LogP contribution is 2.16. The Labute approximate surface area is 102 Å². The third-order valence-electron chi connectivity index (χ3n) is 2.08. The lowest BCUT2D eigenvalue weighted by Crippen LogP contribution is -2.30. The van der Waals surface area contributed by atoms with Crippen molar-refractivity contribution in [2.24, 2.45) is 0 Å². The van der Waals surface area contributed by atoms with Crippen LogP contribution in [0.1, 0.15) is 38.1 Å². The number of hydrogen-bond donors (Lipinski definition) is 0. The maximum atomic E-state index is 11.9. The molecule has 1 radical (unpaired) electrons. The minimum absolute atomic E-state index is 0.103. The highest BCUT2D eigenvalue weighted by molar-refractivity contribution is 6.20. The second-order valence-electron chi connectivity index (χ2n) is 4.82. The average Bonchev–Trinajstić information content (AvgIpc) is 2.26. The van der Waals surface area contributed by atoms with Gasteiger partial charge in [0.1, 0.15) is 5.60 Å². The average molecular weight is 233 g/mol. The lowest BCUT2D eigenvalue weighted by atomic mass is 9.99. The van der Waals surface area contributed by atoms with E-state index in [0.29, 0.717) is 5.56 Å². The number of benzene rings is 1. The van der Waals surface area contributed by atoms with Gasteiger partial charge in [0.15, 0.2) is 11.7 Å². The summed E-state index contributed by atoms with van der Waals surface area (Å²) >= 11 is 0. The van der Waals surface area contributed by atoms with E-state index in [9.17, 15) is 9.59 Å². The molecular weight excluding hydrogens is 216 g/mol. The Hall–Kier alpha value is -1.64. The van der Waals surface area contributed by atoms with Crippen LogP contribution in [0.3, 0.4) is 0 Å². The van der Waals surface area contributed by atoms with Crippen molar-refractivity contribution in [2.75, 3.05) is 0 Å². The molecular formula is C14H17O3. The monoisotopic (exact) mass is 233 g/mol. The Morgan fingerprint density at radius 3 is 2.06 bits per heavy atom. The second kappa shape index (κ2) is 5.13. The van der Waals surface area contributed by atoms with Crippen molar-refractivity contribution in [1.29, 1.82) is 0 Å². The molecule has 0 saturated heterocycles. The van der Waals surface area contributed by atoms with Crippen molar-refractivity contribution in [1.82, 2.24) is 0 Å². The van der Waals surface area contributed by atoms with Crippen molar-refractivity contribution < 1.29 is 14.3 Å². The molecule has 3 heteroatoms. The van der Waals surface area contributed by atoms with Crippen molar-refractivity contribution in [3.8, 4) is 0 Å². The first kappa shape index (κ1) is 13.4. The van der Waals surface area contributed by atoms with Crippen molar-refractivity contribution >= 4 is 11.8 Å². The quantitative estimate of drug-likeness (QED) is 0.458. The van der Waals surface area contributed by atoms with Crippen LogP contribution in [0.15, 0.2) is 30.3 Å². The van der Waals surface area contributed by atoms with Crippen LogP contribution in [0.2, 0.25) is 0 Å². The summed E-state index contributed by atoms with van der Waals surface area (Å²) in [6.45, 7) is 6.80. The number of esters is 1. The van der Waals surface area contributed by atoms with Gasteiger partial charge in [-0.3, -0.25) is 9.59 Å². The largest absolute Gasteiger partial charge is 0.459 e. The third-order valence-corrected chi connectivity index (χ3v) is 2.08. The van der Waals surface area contributed by atoms with E-state index in [1.165, 1.54) is 6.92 Å². The summed E-state index contributed by atoms with van der Waals surface area (Å²) < 4.78 is 5.15. The molecule has 0 aromatic heterocycles. The summed E-state index contributed by atoms with van der Waals surface area (Å²) in [7, 11) is 0. The molecule has 91 valence electrons. The van der Waals surface area contributed by atoms with Gasteiger partial charge in [0, 0.05) is 5.56 Å². The molecule has 17 heavy (non-hydrogen) atoms. The predicted molar refractivity (Wildman–Crippen MR) is 65.5 cm³/mol. The van der Waals surface area contributed by atoms with Gasteiger partial charge in [-0.05, 0) is 27.7 Å². The Morgan fingerprint density at radius 2 is 1.59 bits per heavy atom. The number of carbonyl (C=O) groups excluding carboxylic acids is 2. The van der Waals surface area contributed by atoms with Crippen LogP contribution >= 0.6 is 0 Å². The van der Waals surface area contributed by atoms with Gasteiger partial charge in [-0.15, -0.1) is 0 Å². The number of ether oxygens (including phenoxy) is 1. The zero-order valence-corrected chi connectivity index (χ0v) is 10.6. The van der Waals surface area contributed by atoms with Gasteiger partial charge >= 0.3 is 5.97 Å². The van der Waals surface area contributed by atoms with Gasteiger partial charge < -0.3 is 4.74 Å². The van der Waals surface area contributed by atoms with Gasteiger partial charge in [-0.25, -0.2) is 0 Å². The standard InChI is InChI=1S/C14H17O3/c1-10(13(16)17-14(2,3)4)12(15)11-8-6-5-7-9-11/h5-9H,1-4H3. The topological polar surface area (TPSA) is 43.4 Å². The SMILES string of the molecule is C[C](C(=O)OC(C)(C)C)C(=O)c1ccccc1. The van der Waals surface area contributed by atoms with Crippen LogP contribution < -0.4 is 0 Å². The van der Waals surface area contributed by atoms with Crippen molar-refractivity contribution in [3.05, 3.63) is 41.8 Å². The molecule has 1 rings (SSSR count). The highest BCUT2D eigenvalue weighted by atomic mass is 16.6. The maximum absolute atomic E-state index is 11.9. The molecule has 0 heterocycles.